The zero-order valence-corrected chi connectivity index (χ0v) is 14.5. The van der Waals surface area contributed by atoms with E-state index in [9.17, 15) is 14.9 Å². The molecule has 1 aromatic heterocycles. The first-order valence-electron chi connectivity index (χ1n) is 8.71. The van der Waals surface area contributed by atoms with E-state index in [1.165, 1.54) is 6.07 Å². The third-order valence-corrected chi connectivity index (χ3v) is 5.00. The number of rotatable bonds is 5. The number of hydrogen-bond donors (Lipinski definition) is 1. The molecule has 0 radical (unpaired) electrons. The molecule has 4 rings (SSSR count). The summed E-state index contributed by atoms with van der Waals surface area (Å²) in [5.41, 5.74) is 2.37. The fourth-order valence-electron chi connectivity index (χ4n) is 3.44. The average Bonchev–Trinajstić information content (AvgIpc) is 3.46. The molecule has 0 amide bonds. The Hall–Kier alpha value is -2.74. The Bertz CT molecular complexity index is 920. The molecule has 8 nitrogen and oxygen atoms in total. The molecule has 1 aromatic carbocycles. The molecule has 1 N–H and O–H groups in total. The van der Waals surface area contributed by atoms with E-state index in [4.69, 9.17) is 4.74 Å². The van der Waals surface area contributed by atoms with E-state index in [0.717, 1.165) is 35.5 Å². The SMILES string of the molecule is COc1ccc([N+](=O)[O-])cc1CN1CCc2c(nc(C3CC3)[nH]c2=O)C1. The number of nitro groups is 1. The predicted octanol–water partition coefficient (Wildman–Crippen LogP) is 2.12. The van der Waals surface area contributed by atoms with Crippen molar-refractivity contribution in [1.29, 1.82) is 0 Å². The van der Waals surface area contributed by atoms with Crippen molar-refractivity contribution < 1.29 is 9.66 Å². The number of non-ortho nitro benzene ring substituents is 1. The molecule has 0 unspecified atom stereocenters. The molecule has 1 saturated carbocycles. The van der Waals surface area contributed by atoms with Crippen molar-refractivity contribution >= 4 is 5.69 Å². The summed E-state index contributed by atoms with van der Waals surface area (Å²) < 4.78 is 5.35. The highest BCUT2D eigenvalue weighted by Crippen LogP contribution is 2.38. The summed E-state index contributed by atoms with van der Waals surface area (Å²) in [6.07, 6.45) is 2.78. The van der Waals surface area contributed by atoms with Crippen molar-refractivity contribution in [2.24, 2.45) is 0 Å². The Morgan fingerprint density at radius 2 is 2.23 bits per heavy atom. The summed E-state index contributed by atoms with van der Waals surface area (Å²) in [6, 6.07) is 4.62. The van der Waals surface area contributed by atoms with Gasteiger partial charge in [0, 0.05) is 48.8 Å². The van der Waals surface area contributed by atoms with E-state index in [-0.39, 0.29) is 11.2 Å². The quantitative estimate of drug-likeness (QED) is 0.650. The van der Waals surface area contributed by atoms with Crippen LogP contribution in [0.1, 0.15) is 41.4 Å². The zero-order chi connectivity index (χ0) is 18.3. The molecule has 0 atom stereocenters. The lowest BCUT2D eigenvalue weighted by atomic mass is 10.0. The summed E-state index contributed by atoms with van der Waals surface area (Å²) in [4.78, 5) is 32.7. The molecular formula is C18H20N4O4. The third-order valence-electron chi connectivity index (χ3n) is 5.00. The van der Waals surface area contributed by atoms with Crippen LogP contribution < -0.4 is 10.3 Å². The second-order valence-corrected chi connectivity index (χ2v) is 6.86. The van der Waals surface area contributed by atoms with Crippen LogP contribution in [0.4, 0.5) is 5.69 Å². The highest BCUT2D eigenvalue weighted by atomic mass is 16.6. The maximum Gasteiger partial charge on any atom is 0.270 e. The van der Waals surface area contributed by atoms with Crippen LogP contribution in [-0.2, 0) is 19.5 Å². The van der Waals surface area contributed by atoms with E-state index in [0.29, 0.717) is 37.7 Å². The molecular weight excluding hydrogens is 336 g/mol. The molecule has 2 aromatic rings. The number of nitrogens with one attached hydrogen (secondary N) is 1. The lowest BCUT2D eigenvalue weighted by Gasteiger charge is -2.28. The Labute approximate surface area is 150 Å². The molecule has 8 heteroatoms. The van der Waals surface area contributed by atoms with Gasteiger partial charge < -0.3 is 9.72 Å². The molecule has 26 heavy (non-hydrogen) atoms. The fraction of sp³-hybridized carbons (Fsp3) is 0.444. The number of aromatic amines is 1. The lowest BCUT2D eigenvalue weighted by Crippen LogP contribution is -2.35. The Balaban J connectivity index is 1.59. The number of nitrogens with zero attached hydrogens (tertiary/aromatic N) is 3. The Morgan fingerprint density at radius 1 is 1.42 bits per heavy atom. The van der Waals surface area contributed by atoms with Gasteiger partial charge in [0.2, 0.25) is 0 Å². The second kappa shape index (κ2) is 6.53. The molecule has 136 valence electrons. The van der Waals surface area contributed by atoms with Crippen molar-refractivity contribution in [2.75, 3.05) is 13.7 Å². The van der Waals surface area contributed by atoms with Gasteiger partial charge in [0.1, 0.15) is 11.6 Å². The highest BCUT2D eigenvalue weighted by Gasteiger charge is 2.29. The van der Waals surface area contributed by atoms with Crippen LogP contribution in [0.15, 0.2) is 23.0 Å². The van der Waals surface area contributed by atoms with Gasteiger partial charge in [0.05, 0.1) is 17.7 Å². The smallest absolute Gasteiger partial charge is 0.270 e. The number of nitro benzene ring substituents is 1. The monoisotopic (exact) mass is 356 g/mol. The first-order valence-corrected chi connectivity index (χ1v) is 8.71. The summed E-state index contributed by atoms with van der Waals surface area (Å²) in [6.45, 7) is 1.77. The number of methoxy groups -OCH3 is 1. The molecule has 1 fully saturated rings. The number of benzene rings is 1. The van der Waals surface area contributed by atoms with Crippen LogP contribution in [-0.4, -0.2) is 33.4 Å². The number of H-pyrrole nitrogens is 1. The number of ether oxygens (including phenoxy) is 1. The first-order chi connectivity index (χ1) is 12.5. The van der Waals surface area contributed by atoms with E-state index in [1.807, 2.05) is 0 Å². The maximum absolute atomic E-state index is 12.3. The third kappa shape index (κ3) is 3.20. The molecule has 0 spiro atoms. The first kappa shape index (κ1) is 16.7. The van der Waals surface area contributed by atoms with Gasteiger partial charge in [-0.1, -0.05) is 0 Å². The number of hydrogen-bond acceptors (Lipinski definition) is 6. The summed E-state index contributed by atoms with van der Waals surface area (Å²) in [5, 5.41) is 11.1. The van der Waals surface area contributed by atoms with Gasteiger partial charge in [-0.15, -0.1) is 0 Å². The van der Waals surface area contributed by atoms with Crippen LogP contribution >= 0.6 is 0 Å². The normalized spacial score (nSPS) is 17.0. The van der Waals surface area contributed by atoms with E-state index in [2.05, 4.69) is 14.9 Å². The number of fused-ring (bicyclic) bond motifs is 1. The topological polar surface area (TPSA) is 101 Å². The van der Waals surface area contributed by atoms with Gasteiger partial charge in [-0.05, 0) is 25.3 Å². The minimum Gasteiger partial charge on any atom is -0.496 e. The molecule has 0 saturated heterocycles. The standard InChI is InChI=1S/C18H20N4O4/c1-26-16-5-4-13(22(24)25)8-12(16)9-21-7-6-14-15(10-21)19-17(11-2-3-11)20-18(14)23/h4-5,8,11H,2-3,6-7,9-10H2,1H3,(H,19,20,23). The molecule has 1 aliphatic carbocycles. The molecule has 2 heterocycles. The van der Waals surface area contributed by atoms with E-state index < -0.39 is 4.92 Å². The Kier molecular flexibility index (Phi) is 4.20. The van der Waals surface area contributed by atoms with Crippen molar-refractivity contribution in [2.45, 2.75) is 38.3 Å². The summed E-state index contributed by atoms with van der Waals surface area (Å²) in [5.74, 6) is 1.81. The van der Waals surface area contributed by atoms with Gasteiger partial charge in [-0.3, -0.25) is 19.8 Å². The van der Waals surface area contributed by atoms with E-state index in [1.54, 1.807) is 19.2 Å². The van der Waals surface area contributed by atoms with Crippen molar-refractivity contribution in [3.8, 4) is 5.75 Å². The minimum atomic E-state index is -0.405. The van der Waals surface area contributed by atoms with Gasteiger partial charge in [0.15, 0.2) is 0 Å². The zero-order valence-electron chi connectivity index (χ0n) is 14.5. The van der Waals surface area contributed by atoms with Gasteiger partial charge in [-0.25, -0.2) is 4.98 Å². The van der Waals surface area contributed by atoms with Crippen molar-refractivity contribution in [3.63, 3.8) is 0 Å². The van der Waals surface area contributed by atoms with Crippen molar-refractivity contribution in [3.05, 3.63) is 61.3 Å². The molecule has 2 aliphatic rings. The predicted molar refractivity (Wildman–Crippen MR) is 94.3 cm³/mol. The average molecular weight is 356 g/mol. The fourth-order valence-corrected chi connectivity index (χ4v) is 3.44. The maximum atomic E-state index is 12.3. The van der Waals surface area contributed by atoms with Crippen LogP contribution in [0.25, 0.3) is 0 Å². The molecule has 1 aliphatic heterocycles. The van der Waals surface area contributed by atoms with Crippen LogP contribution in [0.3, 0.4) is 0 Å². The van der Waals surface area contributed by atoms with E-state index >= 15 is 0 Å². The largest absolute Gasteiger partial charge is 0.496 e. The van der Waals surface area contributed by atoms with Gasteiger partial charge >= 0.3 is 0 Å². The number of aromatic nitrogens is 2. The van der Waals surface area contributed by atoms with Crippen LogP contribution in [0.5, 0.6) is 5.75 Å². The summed E-state index contributed by atoms with van der Waals surface area (Å²) in [7, 11) is 1.55. The lowest BCUT2D eigenvalue weighted by molar-refractivity contribution is -0.385. The van der Waals surface area contributed by atoms with Gasteiger partial charge in [-0.2, -0.15) is 0 Å². The minimum absolute atomic E-state index is 0.0236. The van der Waals surface area contributed by atoms with Gasteiger partial charge in [0.25, 0.3) is 11.2 Å². The molecule has 0 bridgehead atoms. The highest BCUT2D eigenvalue weighted by molar-refractivity contribution is 5.44. The Morgan fingerprint density at radius 3 is 2.92 bits per heavy atom. The second-order valence-electron chi connectivity index (χ2n) is 6.86. The van der Waals surface area contributed by atoms with Crippen LogP contribution in [0.2, 0.25) is 0 Å². The van der Waals surface area contributed by atoms with Crippen LogP contribution in [0, 0.1) is 10.1 Å². The summed E-state index contributed by atoms with van der Waals surface area (Å²) >= 11 is 0. The van der Waals surface area contributed by atoms with Crippen molar-refractivity contribution in [1.82, 2.24) is 14.9 Å².